The number of terminal acetylenes is 1. The second-order valence-corrected chi connectivity index (χ2v) is 3.97. The summed E-state index contributed by atoms with van der Waals surface area (Å²) in [5, 5.41) is 0. The zero-order valence-electron chi connectivity index (χ0n) is 9.85. The number of fused-ring (bicyclic) bond motifs is 1. The molecule has 17 heavy (non-hydrogen) atoms. The summed E-state index contributed by atoms with van der Waals surface area (Å²) in [4.78, 5) is 13.8. The first kappa shape index (κ1) is 11.5. The number of carbonyl (C=O) groups is 1. The van der Waals surface area contributed by atoms with Crippen molar-refractivity contribution in [1.82, 2.24) is 4.90 Å². The Morgan fingerprint density at radius 1 is 1.59 bits per heavy atom. The summed E-state index contributed by atoms with van der Waals surface area (Å²) in [6, 6.07) is 7.74. The first-order chi connectivity index (χ1) is 8.26. The maximum atomic E-state index is 12.1. The van der Waals surface area contributed by atoms with Crippen LogP contribution in [0.3, 0.4) is 0 Å². The van der Waals surface area contributed by atoms with E-state index < -0.39 is 6.10 Å². The monoisotopic (exact) mass is 229 g/mol. The van der Waals surface area contributed by atoms with Crippen LogP contribution in [-0.2, 0) is 11.2 Å². The second kappa shape index (κ2) is 4.92. The van der Waals surface area contributed by atoms with E-state index in [1.54, 1.807) is 4.90 Å². The summed E-state index contributed by atoms with van der Waals surface area (Å²) in [5.74, 6) is 3.28. The van der Waals surface area contributed by atoms with Gasteiger partial charge in [-0.25, -0.2) is 0 Å². The standard InChI is InChI=1S/C14H15NO2/c1-3-9-15(4-2)14(16)13-10-11-7-5-6-8-12(11)17-13/h1,5-8,13H,4,9-10H2,2H3. The van der Waals surface area contributed by atoms with Crippen LogP contribution in [0, 0.1) is 12.3 Å². The molecule has 3 heteroatoms. The molecule has 0 bridgehead atoms. The zero-order chi connectivity index (χ0) is 12.3. The molecule has 3 nitrogen and oxygen atoms in total. The largest absolute Gasteiger partial charge is 0.480 e. The van der Waals surface area contributed by atoms with Gasteiger partial charge in [0.25, 0.3) is 5.91 Å². The summed E-state index contributed by atoms with van der Waals surface area (Å²) < 4.78 is 5.64. The van der Waals surface area contributed by atoms with Crippen LogP contribution in [0.15, 0.2) is 24.3 Å². The van der Waals surface area contributed by atoms with Crippen LogP contribution in [0.2, 0.25) is 0 Å². The van der Waals surface area contributed by atoms with Gasteiger partial charge in [-0.05, 0) is 18.6 Å². The van der Waals surface area contributed by atoms with Gasteiger partial charge in [0, 0.05) is 13.0 Å². The minimum Gasteiger partial charge on any atom is -0.480 e. The number of amides is 1. The summed E-state index contributed by atoms with van der Waals surface area (Å²) in [5.41, 5.74) is 1.09. The van der Waals surface area contributed by atoms with Gasteiger partial charge >= 0.3 is 0 Å². The summed E-state index contributed by atoms with van der Waals surface area (Å²) in [7, 11) is 0. The summed E-state index contributed by atoms with van der Waals surface area (Å²) >= 11 is 0. The van der Waals surface area contributed by atoms with Gasteiger partial charge in [-0.3, -0.25) is 4.79 Å². The van der Waals surface area contributed by atoms with Gasteiger partial charge in [-0.1, -0.05) is 24.1 Å². The fourth-order valence-electron chi connectivity index (χ4n) is 1.98. The van der Waals surface area contributed by atoms with E-state index in [2.05, 4.69) is 5.92 Å². The quantitative estimate of drug-likeness (QED) is 0.735. The Kier molecular flexibility index (Phi) is 3.34. The van der Waals surface area contributed by atoms with Gasteiger partial charge in [-0.2, -0.15) is 0 Å². The summed E-state index contributed by atoms with van der Waals surface area (Å²) in [6.07, 6.45) is 5.46. The molecule has 0 radical (unpaired) electrons. The lowest BCUT2D eigenvalue weighted by molar-refractivity contribution is -0.137. The van der Waals surface area contributed by atoms with Crippen molar-refractivity contribution in [1.29, 1.82) is 0 Å². The van der Waals surface area contributed by atoms with Crippen LogP contribution in [0.5, 0.6) is 5.75 Å². The average Bonchev–Trinajstić information content (AvgIpc) is 2.78. The second-order valence-electron chi connectivity index (χ2n) is 3.97. The Morgan fingerprint density at radius 2 is 2.35 bits per heavy atom. The third-order valence-electron chi connectivity index (χ3n) is 2.90. The molecule has 0 N–H and O–H groups in total. The van der Waals surface area contributed by atoms with Crippen molar-refractivity contribution in [3.63, 3.8) is 0 Å². The molecule has 0 spiro atoms. The van der Waals surface area contributed by atoms with Crippen LogP contribution >= 0.6 is 0 Å². The Labute approximate surface area is 101 Å². The number of hydrogen-bond acceptors (Lipinski definition) is 2. The molecule has 1 amide bonds. The van der Waals surface area contributed by atoms with Gasteiger partial charge in [-0.15, -0.1) is 6.42 Å². The number of hydrogen-bond donors (Lipinski definition) is 0. The number of likely N-dealkylation sites (N-methyl/N-ethyl adjacent to an activating group) is 1. The van der Waals surface area contributed by atoms with Crippen molar-refractivity contribution in [2.45, 2.75) is 19.4 Å². The highest BCUT2D eigenvalue weighted by Gasteiger charge is 2.31. The fraction of sp³-hybridized carbons (Fsp3) is 0.357. The van der Waals surface area contributed by atoms with E-state index in [-0.39, 0.29) is 5.91 Å². The molecular weight excluding hydrogens is 214 g/mol. The minimum absolute atomic E-state index is 0.0262. The molecule has 1 atom stereocenters. The number of rotatable bonds is 3. The van der Waals surface area contributed by atoms with Crippen LogP contribution in [-0.4, -0.2) is 30.0 Å². The van der Waals surface area contributed by atoms with E-state index >= 15 is 0 Å². The number of para-hydroxylation sites is 1. The summed E-state index contributed by atoms with van der Waals surface area (Å²) in [6.45, 7) is 2.86. The van der Waals surface area contributed by atoms with E-state index in [4.69, 9.17) is 11.2 Å². The smallest absolute Gasteiger partial charge is 0.264 e. The molecule has 1 unspecified atom stereocenters. The molecule has 1 aromatic rings. The molecular formula is C14H15NO2. The molecule has 0 fully saturated rings. The molecule has 88 valence electrons. The molecule has 0 aromatic heterocycles. The maximum absolute atomic E-state index is 12.1. The molecule has 1 heterocycles. The van der Waals surface area contributed by atoms with Crippen LogP contribution in [0.1, 0.15) is 12.5 Å². The van der Waals surface area contributed by atoms with Crippen LogP contribution < -0.4 is 4.74 Å². The van der Waals surface area contributed by atoms with E-state index in [1.165, 1.54) is 0 Å². The minimum atomic E-state index is -0.416. The first-order valence-electron chi connectivity index (χ1n) is 5.73. The molecule has 1 aliphatic heterocycles. The van der Waals surface area contributed by atoms with Crippen molar-refractivity contribution < 1.29 is 9.53 Å². The number of benzene rings is 1. The molecule has 2 rings (SSSR count). The normalized spacial score (nSPS) is 16.8. The van der Waals surface area contributed by atoms with Crippen molar-refractivity contribution in [3.05, 3.63) is 29.8 Å². The van der Waals surface area contributed by atoms with E-state index in [1.807, 2.05) is 31.2 Å². The Bertz CT molecular complexity index is 437. The zero-order valence-corrected chi connectivity index (χ0v) is 9.85. The lowest BCUT2D eigenvalue weighted by Gasteiger charge is -2.21. The predicted octanol–water partition coefficient (Wildman–Crippen LogP) is 1.47. The maximum Gasteiger partial charge on any atom is 0.264 e. The molecule has 0 saturated carbocycles. The van der Waals surface area contributed by atoms with Gasteiger partial charge in [0.2, 0.25) is 0 Å². The average molecular weight is 229 g/mol. The van der Waals surface area contributed by atoms with Gasteiger partial charge in [0.15, 0.2) is 6.10 Å². The van der Waals surface area contributed by atoms with E-state index in [9.17, 15) is 4.79 Å². The molecule has 1 aromatic carbocycles. The SMILES string of the molecule is C#CCN(CC)C(=O)C1Cc2ccccc2O1. The van der Waals surface area contributed by atoms with Crippen LogP contribution in [0.25, 0.3) is 0 Å². The van der Waals surface area contributed by atoms with Crippen molar-refractivity contribution in [2.75, 3.05) is 13.1 Å². The lowest BCUT2D eigenvalue weighted by Crippen LogP contribution is -2.41. The number of ether oxygens (including phenoxy) is 1. The Morgan fingerprint density at radius 3 is 3.00 bits per heavy atom. The molecule has 0 aliphatic carbocycles. The van der Waals surface area contributed by atoms with Crippen LogP contribution in [0.4, 0.5) is 0 Å². The number of carbonyl (C=O) groups excluding carboxylic acids is 1. The van der Waals surface area contributed by atoms with E-state index in [0.29, 0.717) is 19.5 Å². The van der Waals surface area contributed by atoms with Crippen molar-refractivity contribution in [2.24, 2.45) is 0 Å². The van der Waals surface area contributed by atoms with Crippen molar-refractivity contribution in [3.8, 4) is 18.1 Å². The van der Waals surface area contributed by atoms with E-state index in [0.717, 1.165) is 11.3 Å². The molecule has 1 aliphatic rings. The third-order valence-corrected chi connectivity index (χ3v) is 2.90. The Hall–Kier alpha value is -1.95. The number of nitrogens with zero attached hydrogens (tertiary/aromatic N) is 1. The van der Waals surface area contributed by atoms with Crippen molar-refractivity contribution >= 4 is 5.91 Å². The van der Waals surface area contributed by atoms with Gasteiger partial charge < -0.3 is 9.64 Å². The lowest BCUT2D eigenvalue weighted by atomic mass is 10.1. The van der Waals surface area contributed by atoms with Gasteiger partial charge in [0.1, 0.15) is 5.75 Å². The Balaban J connectivity index is 2.08. The third kappa shape index (κ3) is 2.26. The molecule has 0 saturated heterocycles. The van der Waals surface area contributed by atoms with Gasteiger partial charge in [0.05, 0.1) is 6.54 Å². The highest BCUT2D eigenvalue weighted by Crippen LogP contribution is 2.28. The fourth-order valence-corrected chi connectivity index (χ4v) is 1.98. The predicted molar refractivity (Wildman–Crippen MR) is 65.6 cm³/mol. The first-order valence-corrected chi connectivity index (χ1v) is 5.73. The highest BCUT2D eigenvalue weighted by atomic mass is 16.5. The topological polar surface area (TPSA) is 29.5 Å². The highest BCUT2D eigenvalue weighted by molar-refractivity contribution is 5.82.